The Labute approximate surface area is 134 Å². The van der Waals surface area contributed by atoms with E-state index in [0.29, 0.717) is 0 Å². The molecule has 3 aromatic rings. The Balaban J connectivity index is 1.85. The van der Waals surface area contributed by atoms with Crippen LogP contribution in [-0.2, 0) is 0 Å². The second kappa shape index (κ2) is 7.70. The summed E-state index contributed by atoms with van der Waals surface area (Å²) in [4.78, 5) is 21.4. The third-order valence-corrected chi connectivity index (χ3v) is 3.08. The number of aliphatic imine (C=N–C) groups is 2. The molecule has 5 nitrogen and oxygen atoms in total. The SMILES string of the molecule is C(=NC(N=Cc1cccnc1)c1cccnc1)c1cccnc1. The molecule has 0 saturated carbocycles. The molecular formula is C18H15N5. The maximum atomic E-state index is 4.56. The van der Waals surface area contributed by atoms with Crippen LogP contribution >= 0.6 is 0 Å². The first-order chi connectivity index (χ1) is 11.4. The van der Waals surface area contributed by atoms with Gasteiger partial charge in [-0.05, 0) is 18.2 Å². The zero-order valence-corrected chi connectivity index (χ0v) is 12.4. The van der Waals surface area contributed by atoms with Crippen molar-refractivity contribution in [3.8, 4) is 0 Å². The Morgan fingerprint density at radius 1 is 0.696 bits per heavy atom. The first kappa shape index (κ1) is 14.7. The lowest BCUT2D eigenvalue weighted by Crippen LogP contribution is -1.96. The molecule has 0 saturated heterocycles. The second-order valence-corrected chi connectivity index (χ2v) is 4.79. The van der Waals surface area contributed by atoms with Crippen molar-refractivity contribution in [2.24, 2.45) is 9.98 Å². The standard InChI is InChI=1S/C18H15N5/c1-4-15(10-19-7-1)12-22-18(17-6-3-9-21-14-17)23-13-16-5-2-8-20-11-16/h1-14,18H. The Kier molecular flexibility index (Phi) is 4.93. The minimum absolute atomic E-state index is 0.357. The highest BCUT2D eigenvalue weighted by Gasteiger charge is 2.06. The molecule has 0 bridgehead atoms. The fourth-order valence-electron chi connectivity index (χ4n) is 1.96. The molecule has 0 unspecified atom stereocenters. The summed E-state index contributed by atoms with van der Waals surface area (Å²) in [6.45, 7) is 0. The summed E-state index contributed by atoms with van der Waals surface area (Å²) in [7, 11) is 0. The summed E-state index contributed by atoms with van der Waals surface area (Å²) in [5.74, 6) is 0. The van der Waals surface area contributed by atoms with Gasteiger partial charge < -0.3 is 0 Å². The van der Waals surface area contributed by atoms with Crippen LogP contribution in [0.1, 0.15) is 22.9 Å². The molecule has 112 valence electrons. The zero-order chi connectivity index (χ0) is 15.7. The van der Waals surface area contributed by atoms with Crippen molar-refractivity contribution in [2.45, 2.75) is 6.17 Å². The molecule has 0 aliphatic rings. The van der Waals surface area contributed by atoms with Gasteiger partial charge in [0.25, 0.3) is 0 Å². The summed E-state index contributed by atoms with van der Waals surface area (Å²) in [5.41, 5.74) is 2.78. The van der Waals surface area contributed by atoms with E-state index in [9.17, 15) is 0 Å². The fourth-order valence-corrected chi connectivity index (χ4v) is 1.96. The second-order valence-electron chi connectivity index (χ2n) is 4.79. The molecule has 0 amide bonds. The molecule has 0 aliphatic carbocycles. The molecule has 3 rings (SSSR count). The third-order valence-electron chi connectivity index (χ3n) is 3.08. The van der Waals surface area contributed by atoms with Crippen LogP contribution in [0.15, 0.2) is 83.6 Å². The van der Waals surface area contributed by atoms with Crippen LogP contribution in [-0.4, -0.2) is 27.4 Å². The third kappa shape index (κ3) is 4.38. The number of rotatable bonds is 5. The molecule has 0 atom stereocenters. The van der Waals surface area contributed by atoms with Gasteiger partial charge in [0.05, 0.1) is 0 Å². The highest BCUT2D eigenvalue weighted by atomic mass is 15.0. The molecule has 0 N–H and O–H groups in total. The molecule has 5 heteroatoms. The van der Waals surface area contributed by atoms with Gasteiger partial charge in [-0.25, -0.2) is 0 Å². The van der Waals surface area contributed by atoms with E-state index in [1.807, 2.05) is 36.4 Å². The maximum absolute atomic E-state index is 4.56. The lowest BCUT2D eigenvalue weighted by atomic mass is 10.2. The van der Waals surface area contributed by atoms with E-state index in [4.69, 9.17) is 0 Å². The molecule has 0 aliphatic heterocycles. The summed E-state index contributed by atoms with van der Waals surface area (Å²) in [6.07, 6.45) is 13.7. The Bertz CT molecular complexity index is 721. The fraction of sp³-hybridized carbons (Fsp3) is 0.0556. The summed E-state index contributed by atoms with van der Waals surface area (Å²) < 4.78 is 0. The van der Waals surface area contributed by atoms with Gasteiger partial charge in [-0.3, -0.25) is 24.9 Å². The van der Waals surface area contributed by atoms with E-state index < -0.39 is 0 Å². The molecule has 0 spiro atoms. The average Bonchev–Trinajstić information content (AvgIpc) is 2.64. The van der Waals surface area contributed by atoms with E-state index in [2.05, 4.69) is 24.9 Å². The predicted octanol–water partition coefficient (Wildman–Crippen LogP) is 3.11. The Morgan fingerprint density at radius 3 is 1.65 bits per heavy atom. The van der Waals surface area contributed by atoms with Crippen molar-refractivity contribution < 1.29 is 0 Å². The first-order valence-corrected chi connectivity index (χ1v) is 7.18. The van der Waals surface area contributed by atoms with E-state index in [1.165, 1.54) is 0 Å². The Hall–Kier alpha value is -3.21. The number of nitrogens with zero attached hydrogens (tertiary/aromatic N) is 5. The smallest absolute Gasteiger partial charge is 0.166 e. The van der Waals surface area contributed by atoms with Crippen molar-refractivity contribution in [2.75, 3.05) is 0 Å². The van der Waals surface area contributed by atoms with Crippen LogP contribution in [0.5, 0.6) is 0 Å². The largest absolute Gasteiger partial charge is 0.264 e. The summed E-state index contributed by atoms with van der Waals surface area (Å²) >= 11 is 0. The molecule has 23 heavy (non-hydrogen) atoms. The number of hydrogen-bond acceptors (Lipinski definition) is 5. The summed E-state index contributed by atoms with van der Waals surface area (Å²) in [6, 6.07) is 11.5. The lowest BCUT2D eigenvalue weighted by Gasteiger charge is -2.07. The van der Waals surface area contributed by atoms with E-state index in [1.54, 1.807) is 49.6 Å². The highest BCUT2D eigenvalue weighted by Crippen LogP contribution is 2.17. The van der Waals surface area contributed by atoms with Crippen molar-refractivity contribution in [3.05, 3.63) is 90.3 Å². The predicted molar refractivity (Wildman–Crippen MR) is 90.6 cm³/mol. The van der Waals surface area contributed by atoms with Crippen LogP contribution in [0.4, 0.5) is 0 Å². The minimum atomic E-state index is -0.357. The van der Waals surface area contributed by atoms with Gasteiger partial charge in [0.15, 0.2) is 6.17 Å². The Morgan fingerprint density at radius 2 is 1.22 bits per heavy atom. The molecule has 3 heterocycles. The van der Waals surface area contributed by atoms with Gasteiger partial charge in [0.1, 0.15) is 0 Å². The minimum Gasteiger partial charge on any atom is -0.264 e. The van der Waals surface area contributed by atoms with E-state index in [-0.39, 0.29) is 6.17 Å². The van der Waals surface area contributed by atoms with Crippen LogP contribution < -0.4 is 0 Å². The van der Waals surface area contributed by atoms with Crippen LogP contribution in [0.3, 0.4) is 0 Å². The van der Waals surface area contributed by atoms with Crippen molar-refractivity contribution in [1.29, 1.82) is 0 Å². The van der Waals surface area contributed by atoms with Gasteiger partial charge in [-0.2, -0.15) is 0 Å². The van der Waals surface area contributed by atoms with Crippen molar-refractivity contribution in [1.82, 2.24) is 15.0 Å². The van der Waals surface area contributed by atoms with E-state index >= 15 is 0 Å². The van der Waals surface area contributed by atoms with Crippen molar-refractivity contribution in [3.63, 3.8) is 0 Å². The average molecular weight is 301 g/mol. The van der Waals surface area contributed by atoms with Gasteiger partial charge in [-0.1, -0.05) is 18.2 Å². The van der Waals surface area contributed by atoms with E-state index in [0.717, 1.165) is 16.7 Å². The van der Waals surface area contributed by atoms with Crippen molar-refractivity contribution >= 4 is 12.4 Å². The van der Waals surface area contributed by atoms with Crippen LogP contribution in [0, 0.1) is 0 Å². The molecule has 0 radical (unpaired) electrons. The molecular weight excluding hydrogens is 286 g/mol. The first-order valence-electron chi connectivity index (χ1n) is 7.18. The quantitative estimate of drug-likeness (QED) is 0.680. The monoisotopic (exact) mass is 301 g/mol. The van der Waals surface area contributed by atoms with Gasteiger partial charge in [0, 0.05) is 66.3 Å². The number of aromatic nitrogens is 3. The highest BCUT2D eigenvalue weighted by molar-refractivity contribution is 5.80. The van der Waals surface area contributed by atoms with Crippen LogP contribution in [0.25, 0.3) is 0 Å². The molecule has 3 aromatic heterocycles. The zero-order valence-electron chi connectivity index (χ0n) is 12.4. The topological polar surface area (TPSA) is 63.4 Å². The van der Waals surface area contributed by atoms with Gasteiger partial charge >= 0.3 is 0 Å². The number of hydrogen-bond donors (Lipinski definition) is 0. The lowest BCUT2D eigenvalue weighted by molar-refractivity contribution is 0.781. The van der Waals surface area contributed by atoms with Crippen LogP contribution in [0.2, 0.25) is 0 Å². The molecule has 0 aromatic carbocycles. The molecule has 0 fully saturated rings. The maximum Gasteiger partial charge on any atom is 0.166 e. The summed E-state index contributed by atoms with van der Waals surface area (Å²) in [5, 5.41) is 0. The normalized spacial score (nSPS) is 12.7. The number of pyridine rings is 3. The van der Waals surface area contributed by atoms with Gasteiger partial charge in [-0.15, -0.1) is 0 Å². The van der Waals surface area contributed by atoms with Gasteiger partial charge in [0.2, 0.25) is 0 Å².